The van der Waals surface area contributed by atoms with E-state index in [1.807, 2.05) is 13.8 Å². The van der Waals surface area contributed by atoms with Gasteiger partial charge < -0.3 is 28.0 Å². The molecule has 0 aliphatic heterocycles. The van der Waals surface area contributed by atoms with E-state index in [9.17, 15) is 18.9 Å². The van der Waals surface area contributed by atoms with Gasteiger partial charge in [0.2, 0.25) is 0 Å². The van der Waals surface area contributed by atoms with Crippen LogP contribution in [-0.4, -0.2) is 55.4 Å². The lowest BCUT2D eigenvalue weighted by Crippen LogP contribution is -2.25. The van der Waals surface area contributed by atoms with E-state index in [0.717, 1.165) is 0 Å². The summed E-state index contributed by atoms with van der Waals surface area (Å²) in [5, 5.41) is 5.16. The number of benzene rings is 2. The van der Waals surface area contributed by atoms with E-state index in [0.29, 0.717) is 27.9 Å². The van der Waals surface area contributed by atoms with Crippen molar-refractivity contribution in [3.8, 4) is 17.2 Å². The number of aromatic nitrogens is 1. The molecule has 3 aromatic rings. The van der Waals surface area contributed by atoms with E-state index in [1.54, 1.807) is 83.5 Å². The first kappa shape index (κ1) is 37.7. The molecule has 1 amide bonds. The fourth-order valence-electron chi connectivity index (χ4n) is 3.59. The zero-order chi connectivity index (χ0) is 34.8. The minimum absolute atomic E-state index is 0.142. The average Bonchev–Trinajstić information content (AvgIpc) is 3.49. The molecule has 0 atom stereocenters. The number of esters is 2. The molecule has 47 heavy (non-hydrogen) atoms. The lowest BCUT2D eigenvalue weighted by molar-refractivity contribution is -0.154. The van der Waals surface area contributed by atoms with E-state index in [2.05, 4.69) is 10.3 Å². The molecule has 0 saturated heterocycles. The van der Waals surface area contributed by atoms with Gasteiger partial charge in [-0.05, 0) is 91.8 Å². The first-order valence-corrected chi connectivity index (χ1v) is 17.4. The molecule has 1 aromatic heterocycles. The molecule has 3 rings (SSSR count). The molecule has 0 aliphatic carbocycles. The Morgan fingerprint density at radius 2 is 1.36 bits per heavy atom. The van der Waals surface area contributed by atoms with E-state index < -0.39 is 30.4 Å². The summed E-state index contributed by atoms with van der Waals surface area (Å²) < 4.78 is 47.6. The Kier molecular flexibility index (Phi) is 13.1. The normalized spacial score (nSPS) is 12.0. The third-order valence-corrected chi connectivity index (χ3v) is 8.60. The topological polar surface area (TPSA) is 149 Å². The van der Waals surface area contributed by atoms with E-state index in [-0.39, 0.29) is 43.7 Å². The van der Waals surface area contributed by atoms with Crippen molar-refractivity contribution in [3.05, 3.63) is 59.6 Å². The molecule has 1 heterocycles. The van der Waals surface area contributed by atoms with Crippen molar-refractivity contribution in [1.29, 1.82) is 0 Å². The summed E-state index contributed by atoms with van der Waals surface area (Å²) in [5.41, 5.74) is -1.12. The maximum absolute atomic E-state index is 13.9. The van der Waals surface area contributed by atoms with Gasteiger partial charge in [0, 0.05) is 23.2 Å². The summed E-state index contributed by atoms with van der Waals surface area (Å²) >= 11 is 1.29. The minimum Gasteiger partial charge on any atom is -0.491 e. The fraction of sp³-hybridized carbons (Fsp3) is 0.455. The van der Waals surface area contributed by atoms with Gasteiger partial charge in [0.25, 0.3) is 5.91 Å². The molecule has 12 nitrogen and oxygen atoms in total. The number of hydrogen-bond donors (Lipinski definition) is 1. The number of anilines is 1. The Balaban J connectivity index is 1.77. The third kappa shape index (κ3) is 12.1. The van der Waals surface area contributed by atoms with Gasteiger partial charge in [-0.25, -0.2) is 4.98 Å². The van der Waals surface area contributed by atoms with E-state index in [4.69, 9.17) is 28.0 Å². The van der Waals surface area contributed by atoms with Gasteiger partial charge in [0.15, 0.2) is 5.13 Å². The summed E-state index contributed by atoms with van der Waals surface area (Å²) in [6.45, 7) is 13.4. The second-order valence-electron chi connectivity index (χ2n) is 12.7. The second-order valence-corrected chi connectivity index (χ2v) is 15.6. The van der Waals surface area contributed by atoms with Crippen molar-refractivity contribution >= 4 is 47.2 Å². The molecule has 0 unspecified atom stereocenters. The first-order valence-electron chi connectivity index (χ1n) is 15.0. The molecule has 0 radical (unpaired) electrons. The molecule has 0 saturated carbocycles. The summed E-state index contributed by atoms with van der Waals surface area (Å²) in [7, 11) is -3.96. The summed E-state index contributed by atoms with van der Waals surface area (Å²) in [5.74, 6) is -0.114. The molecular formula is C33H43N2O10PS. The highest BCUT2D eigenvalue weighted by Crippen LogP contribution is 2.47. The van der Waals surface area contributed by atoms with Gasteiger partial charge in [-0.1, -0.05) is 0 Å². The van der Waals surface area contributed by atoms with Crippen molar-refractivity contribution in [2.45, 2.75) is 61.5 Å². The van der Waals surface area contributed by atoms with Crippen LogP contribution in [0.5, 0.6) is 17.2 Å². The Morgan fingerprint density at radius 1 is 0.809 bits per heavy atom. The van der Waals surface area contributed by atoms with Gasteiger partial charge in [-0.15, -0.1) is 11.3 Å². The number of amides is 1. The molecule has 14 heteroatoms. The number of ether oxygens (including phenoxy) is 4. The zero-order valence-corrected chi connectivity index (χ0v) is 29.7. The van der Waals surface area contributed by atoms with Crippen LogP contribution in [0.2, 0.25) is 0 Å². The maximum atomic E-state index is 13.9. The number of hydrogen-bond acceptors (Lipinski definition) is 12. The number of carbonyl (C=O) groups excluding carboxylic acids is 3. The predicted octanol–water partition coefficient (Wildman–Crippen LogP) is 7.01. The largest absolute Gasteiger partial charge is 0.491 e. The first-order chi connectivity index (χ1) is 22.0. The fourth-order valence-corrected chi connectivity index (χ4v) is 5.63. The molecule has 0 bridgehead atoms. The SMILES string of the molecule is CC(C)Oc1cc(Oc2ccc(P(=O)(OCCOC(=O)C(C)(C)C)OCCOC(=O)C(C)(C)C)cc2)cc(C(=O)Nc2nccs2)c1. The Labute approximate surface area is 279 Å². The Bertz CT molecular complexity index is 1510. The van der Waals surface area contributed by atoms with Crippen LogP contribution < -0.4 is 20.1 Å². The minimum atomic E-state index is -3.96. The van der Waals surface area contributed by atoms with E-state index >= 15 is 0 Å². The molecule has 0 spiro atoms. The smallest absolute Gasteiger partial charge is 0.361 e. The average molecular weight is 691 g/mol. The Morgan fingerprint density at radius 3 is 1.85 bits per heavy atom. The van der Waals surface area contributed by atoms with E-state index in [1.165, 1.54) is 23.5 Å². The van der Waals surface area contributed by atoms with Crippen LogP contribution in [-0.2, 0) is 32.7 Å². The predicted molar refractivity (Wildman–Crippen MR) is 179 cm³/mol. The van der Waals surface area contributed by atoms with Crippen LogP contribution in [0.25, 0.3) is 0 Å². The molecule has 0 fully saturated rings. The molecule has 2 aromatic carbocycles. The van der Waals surface area contributed by atoms with Gasteiger partial charge in [0.1, 0.15) is 30.5 Å². The van der Waals surface area contributed by atoms with Gasteiger partial charge in [-0.2, -0.15) is 0 Å². The highest BCUT2D eigenvalue weighted by Gasteiger charge is 2.30. The van der Waals surface area contributed by atoms with Crippen molar-refractivity contribution < 1.29 is 46.9 Å². The van der Waals surface area contributed by atoms with Crippen LogP contribution in [0.4, 0.5) is 5.13 Å². The zero-order valence-electron chi connectivity index (χ0n) is 28.0. The maximum Gasteiger partial charge on any atom is 0.361 e. The van der Waals surface area contributed by atoms with Gasteiger partial charge in [-0.3, -0.25) is 24.3 Å². The van der Waals surface area contributed by atoms with Crippen LogP contribution in [0.1, 0.15) is 65.7 Å². The standard InChI is InChI=1S/C33H43N2O10PS/c1-22(2)44-25-19-23(28(36)35-31-34-13-18-47-31)20-26(21-25)45-24-9-11-27(12-10-24)46(39,42-16-14-40-29(37)32(3,4)5)43-17-15-41-30(38)33(6,7)8/h9-13,18-22H,14-17H2,1-8H3,(H,34,35,36). The summed E-state index contributed by atoms with van der Waals surface area (Å²) in [4.78, 5) is 41.3. The molecular weight excluding hydrogens is 647 g/mol. The molecule has 256 valence electrons. The number of thiazole rings is 1. The number of nitrogens with zero attached hydrogens (tertiary/aromatic N) is 1. The van der Waals surface area contributed by atoms with Crippen LogP contribution in [0, 0.1) is 10.8 Å². The number of nitrogens with one attached hydrogen (secondary N) is 1. The quantitative estimate of drug-likeness (QED) is 0.0998. The highest BCUT2D eigenvalue weighted by molar-refractivity contribution is 7.62. The summed E-state index contributed by atoms with van der Waals surface area (Å²) in [6, 6.07) is 11.0. The lowest BCUT2D eigenvalue weighted by atomic mass is 9.97. The molecule has 0 aliphatic rings. The van der Waals surface area contributed by atoms with Crippen LogP contribution in [0.3, 0.4) is 0 Å². The molecule has 1 N–H and O–H groups in total. The van der Waals surface area contributed by atoms with Crippen molar-refractivity contribution in [2.24, 2.45) is 10.8 Å². The monoisotopic (exact) mass is 690 g/mol. The van der Waals surface area contributed by atoms with Crippen molar-refractivity contribution in [2.75, 3.05) is 31.7 Å². The lowest BCUT2D eigenvalue weighted by Gasteiger charge is -2.21. The van der Waals surface area contributed by atoms with Crippen LogP contribution in [0.15, 0.2) is 54.0 Å². The Hall–Kier alpha value is -3.77. The number of carbonyl (C=O) groups is 3. The third-order valence-electron chi connectivity index (χ3n) is 5.94. The van der Waals surface area contributed by atoms with Crippen molar-refractivity contribution in [3.63, 3.8) is 0 Å². The second kappa shape index (κ2) is 16.4. The summed E-state index contributed by atoms with van der Waals surface area (Å²) in [6.07, 6.45) is 1.44. The van der Waals surface area contributed by atoms with Crippen LogP contribution >= 0.6 is 18.9 Å². The van der Waals surface area contributed by atoms with Crippen molar-refractivity contribution in [1.82, 2.24) is 4.98 Å². The van der Waals surface area contributed by atoms with Gasteiger partial charge >= 0.3 is 19.5 Å². The highest BCUT2D eigenvalue weighted by atomic mass is 32.1. The number of rotatable bonds is 15. The van der Waals surface area contributed by atoms with Gasteiger partial charge in [0.05, 0.1) is 35.5 Å².